The molecular weight excluding hydrogens is 287 g/mol. The number of halogens is 1. The highest BCUT2D eigenvalue weighted by Gasteiger charge is 2.06. The van der Waals surface area contributed by atoms with Crippen LogP contribution in [0.1, 0.15) is 5.56 Å². The topological polar surface area (TPSA) is 38.5 Å². The first-order chi connectivity index (χ1) is 10.1. The van der Waals surface area contributed by atoms with Gasteiger partial charge >= 0.3 is 0 Å². The van der Waals surface area contributed by atoms with Gasteiger partial charge in [-0.1, -0.05) is 30.4 Å². The highest BCUT2D eigenvalue weighted by molar-refractivity contribution is 7.80. The minimum Gasteiger partial charge on any atom is -0.491 e. The van der Waals surface area contributed by atoms with E-state index in [1.807, 2.05) is 42.3 Å². The summed E-state index contributed by atoms with van der Waals surface area (Å²) < 4.78 is 18.9. The summed E-state index contributed by atoms with van der Waals surface area (Å²) in [6.45, 7) is 1.07. The number of nitrogens with two attached hydrogens (primary N) is 1. The van der Waals surface area contributed by atoms with Gasteiger partial charge in [-0.05, 0) is 30.3 Å². The predicted octanol–water partition coefficient (Wildman–Crippen LogP) is 2.98. The molecule has 0 bridgehead atoms. The quantitative estimate of drug-likeness (QED) is 0.833. The Morgan fingerprint density at radius 2 is 2.00 bits per heavy atom. The number of thiocarbonyl (C=S) groups is 1. The van der Waals surface area contributed by atoms with Crippen LogP contribution in [-0.2, 0) is 0 Å². The van der Waals surface area contributed by atoms with Crippen LogP contribution in [0.4, 0.5) is 10.1 Å². The number of hydrogen-bond acceptors (Lipinski definition) is 3. The van der Waals surface area contributed by atoms with Crippen molar-refractivity contribution in [2.24, 2.45) is 5.73 Å². The third-order valence-electron chi connectivity index (χ3n) is 3.09. The van der Waals surface area contributed by atoms with Crippen molar-refractivity contribution < 1.29 is 9.13 Å². The number of likely N-dealkylation sites (N-methyl/N-ethyl adjacent to an activating group) is 1. The van der Waals surface area contributed by atoms with E-state index in [4.69, 9.17) is 22.7 Å². The summed E-state index contributed by atoms with van der Waals surface area (Å²) in [6, 6.07) is 13.8. The van der Waals surface area contributed by atoms with Gasteiger partial charge in [0.1, 0.15) is 23.2 Å². The van der Waals surface area contributed by atoms with Gasteiger partial charge < -0.3 is 15.4 Å². The van der Waals surface area contributed by atoms with Gasteiger partial charge in [-0.2, -0.15) is 0 Å². The lowest BCUT2D eigenvalue weighted by Crippen LogP contribution is -2.24. The zero-order valence-electron chi connectivity index (χ0n) is 11.8. The molecule has 0 fully saturated rings. The first-order valence-electron chi connectivity index (χ1n) is 6.56. The van der Waals surface area contributed by atoms with E-state index in [-0.39, 0.29) is 5.82 Å². The van der Waals surface area contributed by atoms with Crippen LogP contribution < -0.4 is 15.4 Å². The summed E-state index contributed by atoms with van der Waals surface area (Å²) in [5.41, 5.74) is 7.18. The zero-order valence-corrected chi connectivity index (χ0v) is 12.6. The van der Waals surface area contributed by atoms with Gasteiger partial charge in [0.15, 0.2) is 0 Å². The molecule has 0 radical (unpaired) electrons. The fraction of sp³-hybridized carbons (Fsp3) is 0.188. The number of nitrogens with zero attached hydrogens (tertiary/aromatic N) is 1. The Balaban J connectivity index is 1.94. The molecule has 2 aromatic carbocycles. The fourth-order valence-electron chi connectivity index (χ4n) is 1.93. The zero-order chi connectivity index (χ0) is 15.2. The van der Waals surface area contributed by atoms with Crippen LogP contribution in [0.15, 0.2) is 48.5 Å². The molecule has 0 saturated carbocycles. The molecule has 110 valence electrons. The van der Waals surface area contributed by atoms with Gasteiger partial charge in [0, 0.05) is 12.7 Å². The molecule has 0 amide bonds. The summed E-state index contributed by atoms with van der Waals surface area (Å²) in [5, 5.41) is 0. The standard InChI is InChI=1S/C16H17FN2OS/c1-19(13-6-4-5-12(17)11-13)9-10-20-15-8-3-2-7-14(15)16(18)21/h2-8,11H,9-10H2,1H3,(H2,18,21). The van der Waals surface area contributed by atoms with E-state index in [9.17, 15) is 4.39 Å². The molecule has 5 heteroatoms. The number of benzene rings is 2. The first-order valence-corrected chi connectivity index (χ1v) is 6.97. The first kappa shape index (κ1) is 15.3. The maximum atomic E-state index is 13.2. The number of anilines is 1. The lowest BCUT2D eigenvalue weighted by Gasteiger charge is -2.20. The van der Waals surface area contributed by atoms with Gasteiger partial charge in [-0.15, -0.1) is 0 Å². The van der Waals surface area contributed by atoms with Gasteiger partial charge in [-0.3, -0.25) is 0 Å². The monoisotopic (exact) mass is 304 g/mol. The summed E-state index contributed by atoms with van der Waals surface area (Å²) in [5.74, 6) is 0.414. The maximum absolute atomic E-state index is 13.2. The number of hydrogen-bond donors (Lipinski definition) is 1. The van der Waals surface area contributed by atoms with E-state index >= 15 is 0 Å². The second-order valence-corrected chi connectivity index (χ2v) is 5.05. The van der Waals surface area contributed by atoms with Gasteiger partial charge in [0.2, 0.25) is 0 Å². The minimum absolute atomic E-state index is 0.251. The highest BCUT2D eigenvalue weighted by Crippen LogP contribution is 2.18. The van der Waals surface area contributed by atoms with Crippen molar-refractivity contribution >= 4 is 22.9 Å². The summed E-state index contributed by atoms with van der Waals surface area (Å²) >= 11 is 4.99. The van der Waals surface area contributed by atoms with Crippen molar-refractivity contribution in [3.63, 3.8) is 0 Å². The van der Waals surface area contributed by atoms with Crippen LogP contribution in [0.5, 0.6) is 5.75 Å². The van der Waals surface area contributed by atoms with E-state index in [1.54, 1.807) is 6.07 Å². The molecule has 3 nitrogen and oxygen atoms in total. The molecule has 2 rings (SSSR count). The summed E-state index contributed by atoms with van der Waals surface area (Å²) in [7, 11) is 1.89. The normalized spacial score (nSPS) is 10.2. The van der Waals surface area contributed by atoms with E-state index in [0.29, 0.717) is 23.9 Å². The average Bonchev–Trinajstić information content (AvgIpc) is 2.47. The summed E-state index contributed by atoms with van der Waals surface area (Å²) in [4.78, 5) is 2.23. The number of rotatable bonds is 6. The van der Waals surface area contributed by atoms with E-state index < -0.39 is 0 Å². The lowest BCUT2D eigenvalue weighted by atomic mass is 10.2. The third kappa shape index (κ3) is 4.16. The van der Waals surface area contributed by atoms with Crippen LogP contribution in [0.25, 0.3) is 0 Å². The Labute approximate surface area is 129 Å². The second kappa shape index (κ2) is 7.04. The molecule has 0 atom stereocenters. The van der Waals surface area contributed by atoms with Crippen LogP contribution in [0.3, 0.4) is 0 Å². The van der Waals surface area contributed by atoms with Gasteiger partial charge in [0.05, 0.1) is 12.1 Å². The molecular formula is C16H17FN2OS. The molecule has 21 heavy (non-hydrogen) atoms. The van der Waals surface area contributed by atoms with Gasteiger partial charge in [-0.25, -0.2) is 4.39 Å². The molecule has 0 aromatic heterocycles. The van der Waals surface area contributed by atoms with Crippen molar-refractivity contribution in [1.29, 1.82) is 0 Å². The largest absolute Gasteiger partial charge is 0.491 e. The maximum Gasteiger partial charge on any atom is 0.129 e. The Hall–Kier alpha value is -2.14. The van der Waals surface area contributed by atoms with Crippen LogP contribution in [0.2, 0.25) is 0 Å². The number of ether oxygens (including phenoxy) is 1. The Morgan fingerprint density at radius 1 is 1.24 bits per heavy atom. The Morgan fingerprint density at radius 3 is 2.71 bits per heavy atom. The average molecular weight is 304 g/mol. The summed E-state index contributed by atoms with van der Waals surface area (Å²) in [6.07, 6.45) is 0. The second-order valence-electron chi connectivity index (χ2n) is 4.61. The molecule has 0 spiro atoms. The molecule has 0 aliphatic rings. The van der Waals surface area contributed by atoms with Crippen molar-refractivity contribution in [2.75, 3.05) is 25.1 Å². The van der Waals surface area contributed by atoms with Crippen LogP contribution in [-0.4, -0.2) is 25.2 Å². The molecule has 0 unspecified atom stereocenters. The van der Waals surface area contributed by atoms with Crippen LogP contribution >= 0.6 is 12.2 Å². The molecule has 2 aromatic rings. The minimum atomic E-state index is -0.251. The number of para-hydroxylation sites is 1. The smallest absolute Gasteiger partial charge is 0.129 e. The predicted molar refractivity (Wildman–Crippen MR) is 87.5 cm³/mol. The van der Waals surface area contributed by atoms with Crippen molar-refractivity contribution in [1.82, 2.24) is 0 Å². The lowest BCUT2D eigenvalue weighted by molar-refractivity contribution is 0.325. The van der Waals surface area contributed by atoms with E-state index in [1.165, 1.54) is 12.1 Å². The molecule has 0 aliphatic carbocycles. The van der Waals surface area contributed by atoms with Crippen molar-refractivity contribution in [3.8, 4) is 5.75 Å². The highest BCUT2D eigenvalue weighted by atomic mass is 32.1. The van der Waals surface area contributed by atoms with Crippen molar-refractivity contribution in [3.05, 3.63) is 59.9 Å². The Bertz CT molecular complexity index is 633. The molecule has 2 N–H and O–H groups in total. The van der Waals surface area contributed by atoms with E-state index in [2.05, 4.69) is 0 Å². The third-order valence-corrected chi connectivity index (χ3v) is 3.31. The van der Waals surface area contributed by atoms with Gasteiger partial charge in [0.25, 0.3) is 0 Å². The molecule has 0 saturated heterocycles. The fourth-order valence-corrected chi connectivity index (χ4v) is 2.10. The van der Waals surface area contributed by atoms with E-state index in [0.717, 1.165) is 11.3 Å². The molecule has 0 heterocycles. The van der Waals surface area contributed by atoms with Crippen molar-refractivity contribution in [2.45, 2.75) is 0 Å². The SMILES string of the molecule is CN(CCOc1ccccc1C(N)=S)c1cccc(F)c1. The van der Waals surface area contributed by atoms with Crippen LogP contribution in [0, 0.1) is 5.82 Å². The molecule has 0 aliphatic heterocycles. The Kier molecular flexibility index (Phi) is 5.11.